The molecular weight excluding hydrogens is 240 g/mol. The van der Waals surface area contributed by atoms with Crippen molar-refractivity contribution in [1.29, 1.82) is 0 Å². The second-order valence-electron chi connectivity index (χ2n) is 3.43. The van der Waals surface area contributed by atoms with Crippen molar-refractivity contribution in [3.63, 3.8) is 0 Å². The van der Waals surface area contributed by atoms with E-state index in [1.807, 2.05) is 0 Å². The SMILES string of the molecule is CCOC(=O)C(=CC(O)C(O)C=CC(=O)[O-])CC. The van der Waals surface area contributed by atoms with E-state index in [2.05, 4.69) is 0 Å². The molecule has 0 saturated carbocycles. The van der Waals surface area contributed by atoms with E-state index in [1.165, 1.54) is 0 Å². The van der Waals surface area contributed by atoms with E-state index in [0.717, 1.165) is 12.2 Å². The average molecular weight is 257 g/mol. The lowest BCUT2D eigenvalue weighted by Crippen LogP contribution is -2.25. The predicted octanol–water partition coefficient (Wildman–Crippen LogP) is -1.09. The van der Waals surface area contributed by atoms with E-state index in [1.54, 1.807) is 13.8 Å². The van der Waals surface area contributed by atoms with Crippen LogP contribution in [0.15, 0.2) is 23.8 Å². The summed E-state index contributed by atoms with van der Waals surface area (Å²) in [5, 5.41) is 29.1. The van der Waals surface area contributed by atoms with Gasteiger partial charge in [0.05, 0.1) is 12.6 Å². The van der Waals surface area contributed by atoms with Crippen molar-refractivity contribution < 1.29 is 29.6 Å². The van der Waals surface area contributed by atoms with Gasteiger partial charge in [0.25, 0.3) is 0 Å². The van der Waals surface area contributed by atoms with Gasteiger partial charge in [-0.1, -0.05) is 13.0 Å². The topological polar surface area (TPSA) is 107 Å². The third kappa shape index (κ3) is 6.17. The van der Waals surface area contributed by atoms with Crippen molar-refractivity contribution in [1.82, 2.24) is 0 Å². The third-order valence-electron chi connectivity index (χ3n) is 2.07. The van der Waals surface area contributed by atoms with Gasteiger partial charge in [-0.15, -0.1) is 0 Å². The van der Waals surface area contributed by atoms with E-state index < -0.39 is 24.1 Å². The zero-order valence-electron chi connectivity index (χ0n) is 10.3. The number of carbonyl (C=O) groups is 2. The molecule has 0 aromatic carbocycles. The number of carboxylic acids is 1. The van der Waals surface area contributed by atoms with Crippen LogP contribution in [-0.2, 0) is 14.3 Å². The predicted molar refractivity (Wildman–Crippen MR) is 61.2 cm³/mol. The van der Waals surface area contributed by atoms with Gasteiger partial charge in [-0.3, -0.25) is 0 Å². The molecule has 0 aliphatic carbocycles. The van der Waals surface area contributed by atoms with Crippen LogP contribution in [0.1, 0.15) is 20.3 Å². The molecule has 0 rings (SSSR count). The van der Waals surface area contributed by atoms with Crippen LogP contribution in [0.4, 0.5) is 0 Å². The molecule has 102 valence electrons. The highest BCUT2D eigenvalue weighted by Gasteiger charge is 2.15. The number of hydrogen-bond acceptors (Lipinski definition) is 6. The zero-order chi connectivity index (χ0) is 14.1. The molecule has 0 saturated heterocycles. The van der Waals surface area contributed by atoms with Crippen LogP contribution in [-0.4, -0.2) is 41.0 Å². The maximum atomic E-state index is 11.4. The molecule has 2 unspecified atom stereocenters. The van der Waals surface area contributed by atoms with Crippen molar-refractivity contribution in [2.75, 3.05) is 6.61 Å². The van der Waals surface area contributed by atoms with Crippen molar-refractivity contribution in [3.05, 3.63) is 23.8 Å². The Hall–Kier alpha value is -1.66. The van der Waals surface area contributed by atoms with Crippen molar-refractivity contribution in [2.45, 2.75) is 32.5 Å². The van der Waals surface area contributed by atoms with Crippen LogP contribution < -0.4 is 5.11 Å². The van der Waals surface area contributed by atoms with Crippen molar-refractivity contribution in [2.24, 2.45) is 0 Å². The normalized spacial score (nSPS) is 15.4. The van der Waals surface area contributed by atoms with Gasteiger partial charge in [-0.05, 0) is 25.5 Å². The molecule has 0 bridgehead atoms. The molecule has 2 N–H and O–H groups in total. The highest BCUT2D eigenvalue weighted by Crippen LogP contribution is 2.08. The zero-order valence-corrected chi connectivity index (χ0v) is 10.3. The van der Waals surface area contributed by atoms with E-state index in [4.69, 9.17) is 4.74 Å². The summed E-state index contributed by atoms with van der Waals surface area (Å²) in [6.45, 7) is 3.55. The first kappa shape index (κ1) is 16.3. The highest BCUT2D eigenvalue weighted by atomic mass is 16.5. The number of rotatable bonds is 7. The van der Waals surface area contributed by atoms with Gasteiger partial charge in [0.1, 0.15) is 12.2 Å². The number of hydrogen-bond donors (Lipinski definition) is 2. The smallest absolute Gasteiger partial charge is 0.333 e. The molecule has 0 aliphatic heterocycles. The molecule has 0 fully saturated rings. The van der Waals surface area contributed by atoms with Crippen LogP contribution in [0.2, 0.25) is 0 Å². The monoisotopic (exact) mass is 257 g/mol. The van der Waals surface area contributed by atoms with Crippen LogP contribution in [0.5, 0.6) is 0 Å². The molecule has 0 amide bonds. The van der Waals surface area contributed by atoms with Gasteiger partial charge in [-0.25, -0.2) is 4.79 Å². The summed E-state index contributed by atoms with van der Waals surface area (Å²) in [6, 6.07) is 0. The number of aliphatic carboxylic acids is 1. The summed E-state index contributed by atoms with van der Waals surface area (Å²) >= 11 is 0. The van der Waals surface area contributed by atoms with E-state index in [0.29, 0.717) is 12.5 Å². The van der Waals surface area contributed by atoms with Crippen molar-refractivity contribution in [3.8, 4) is 0 Å². The Labute approximate surface area is 105 Å². The number of aliphatic hydroxyl groups is 2. The van der Waals surface area contributed by atoms with Crippen LogP contribution in [0.25, 0.3) is 0 Å². The van der Waals surface area contributed by atoms with Gasteiger partial charge in [0, 0.05) is 5.57 Å². The maximum absolute atomic E-state index is 11.4. The summed E-state index contributed by atoms with van der Waals surface area (Å²) < 4.78 is 4.75. The fourth-order valence-corrected chi connectivity index (χ4v) is 1.15. The number of esters is 1. The quantitative estimate of drug-likeness (QED) is 0.443. The Morgan fingerprint density at radius 3 is 2.33 bits per heavy atom. The second-order valence-corrected chi connectivity index (χ2v) is 3.43. The van der Waals surface area contributed by atoms with E-state index >= 15 is 0 Å². The summed E-state index contributed by atoms with van der Waals surface area (Å²) in [6.07, 6.45) is 0.126. The van der Waals surface area contributed by atoms with Gasteiger partial charge < -0.3 is 24.9 Å². The Bertz CT molecular complexity index is 344. The minimum absolute atomic E-state index is 0.208. The molecule has 0 aliphatic rings. The second kappa shape index (κ2) is 8.43. The van der Waals surface area contributed by atoms with Crippen LogP contribution in [0, 0.1) is 0 Å². The minimum atomic E-state index is -1.48. The molecule has 2 atom stereocenters. The molecule has 0 radical (unpaired) electrons. The Morgan fingerprint density at radius 2 is 1.89 bits per heavy atom. The van der Waals surface area contributed by atoms with Crippen LogP contribution >= 0.6 is 0 Å². The lowest BCUT2D eigenvalue weighted by atomic mass is 10.1. The minimum Gasteiger partial charge on any atom is -0.545 e. The Kier molecular flexibility index (Phi) is 7.66. The number of carbonyl (C=O) groups excluding carboxylic acids is 2. The first-order chi connectivity index (χ1) is 8.42. The highest BCUT2D eigenvalue weighted by molar-refractivity contribution is 5.88. The molecule has 18 heavy (non-hydrogen) atoms. The lowest BCUT2D eigenvalue weighted by Gasteiger charge is -2.12. The molecule has 6 heteroatoms. The van der Waals surface area contributed by atoms with Gasteiger partial charge >= 0.3 is 5.97 Å². The maximum Gasteiger partial charge on any atom is 0.333 e. The molecule has 0 heterocycles. The number of aliphatic hydroxyl groups excluding tert-OH is 2. The summed E-state index contributed by atoms with van der Waals surface area (Å²) in [5.41, 5.74) is 0.213. The largest absolute Gasteiger partial charge is 0.545 e. The van der Waals surface area contributed by atoms with Gasteiger partial charge in [0.2, 0.25) is 0 Å². The van der Waals surface area contributed by atoms with Crippen molar-refractivity contribution >= 4 is 11.9 Å². The fourth-order valence-electron chi connectivity index (χ4n) is 1.15. The van der Waals surface area contributed by atoms with E-state index in [9.17, 15) is 24.9 Å². The summed E-state index contributed by atoms with van der Waals surface area (Å²) in [7, 11) is 0. The molecule has 0 spiro atoms. The van der Waals surface area contributed by atoms with Gasteiger partial charge in [-0.2, -0.15) is 0 Å². The fraction of sp³-hybridized carbons (Fsp3) is 0.500. The summed E-state index contributed by atoms with van der Waals surface area (Å²) in [5.74, 6) is -2.05. The number of carboxylic acid groups (broad SMARTS) is 1. The Morgan fingerprint density at radius 1 is 1.28 bits per heavy atom. The Balaban J connectivity index is 4.70. The van der Waals surface area contributed by atoms with Gasteiger partial charge in [0.15, 0.2) is 0 Å². The first-order valence-electron chi connectivity index (χ1n) is 5.55. The molecule has 0 aromatic heterocycles. The molecular formula is C12H17O6-. The number of ether oxygens (including phenoxy) is 1. The van der Waals surface area contributed by atoms with Crippen LogP contribution in [0.3, 0.4) is 0 Å². The van der Waals surface area contributed by atoms with E-state index in [-0.39, 0.29) is 12.2 Å². The lowest BCUT2D eigenvalue weighted by molar-refractivity contribution is -0.297. The third-order valence-corrected chi connectivity index (χ3v) is 2.07. The average Bonchev–Trinajstić information content (AvgIpc) is 2.32. The first-order valence-corrected chi connectivity index (χ1v) is 5.55. The molecule has 0 aromatic rings. The summed E-state index contributed by atoms with van der Waals surface area (Å²) in [4.78, 5) is 21.5. The standard InChI is InChI=1S/C12H18O6/c1-3-8(12(17)18-4-2)7-10(14)9(13)5-6-11(15)16/h5-7,9-10,13-14H,3-4H2,1-2H3,(H,15,16)/p-1. The molecule has 6 nitrogen and oxygen atoms in total.